The molecule has 0 saturated heterocycles. The zero-order valence-corrected chi connectivity index (χ0v) is 21.5. The topological polar surface area (TPSA) is 66.4 Å². The van der Waals surface area contributed by atoms with Gasteiger partial charge in [0, 0.05) is 34.4 Å². The predicted octanol–water partition coefficient (Wildman–Crippen LogP) is 4.73. The molecule has 0 aromatic heterocycles. The van der Waals surface area contributed by atoms with Gasteiger partial charge in [-0.2, -0.15) is 0 Å². The fourth-order valence-electron chi connectivity index (χ4n) is 2.76. The summed E-state index contributed by atoms with van der Waals surface area (Å²) >= 11 is 0. The van der Waals surface area contributed by atoms with Crippen LogP contribution in [-0.2, 0) is 23.4 Å². The first-order valence-corrected chi connectivity index (χ1v) is 13.3. The second kappa shape index (κ2) is 11.9. The van der Waals surface area contributed by atoms with Crippen LogP contribution in [0, 0.1) is 5.92 Å². The SMILES string of the molecule is C=CC(CCO[Si](C)(C)C(C)(C)C)CC(CC(CO)(OC)OC)OC(C)(C)OC. The van der Waals surface area contributed by atoms with E-state index in [4.69, 9.17) is 23.4 Å². The molecule has 2 unspecified atom stereocenters. The molecule has 1 N–H and O–H groups in total. The number of allylic oxidation sites excluding steroid dienone is 1. The quantitative estimate of drug-likeness (QED) is 0.228. The first-order chi connectivity index (χ1) is 13.2. The van der Waals surface area contributed by atoms with E-state index in [-0.39, 0.29) is 23.7 Å². The molecule has 0 bridgehead atoms. The Labute approximate surface area is 180 Å². The summed E-state index contributed by atoms with van der Waals surface area (Å²) in [6.45, 7) is 19.4. The molecule has 0 aliphatic carbocycles. The van der Waals surface area contributed by atoms with E-state index < -0.39 is 19.9 Å². The van der Waals surface area contributed by atoms with Gasteiger partial charge in [0.15, 0.2) is 19.9 Å². The molecule has 174 valence electrons. The Morgan fingerprint density at radius 1 is 1.00 bits per heavy atom. The zero-order chi connectivity index (χ0) is 22.9. The van der Waals surface area contributed by atoms with Crippen LogP contribution < -0.4 is 0 Å². The molecule has 0 aromatic carbocycles. The molecular formula is C22H46O6Si. The molecule has 0 amide bonds. The maximum absolute atomic E-state index is 9.81. The number of rotatable bonds is 15. The van der Waals surface area contributed by atoms with Gasteiger partial charge in [0.1, 0.15) is 0 Å². The zero-order valence-electron chi connectivity index (χ0n) is 20.5. The summed E-state index contributed by atoms with van der Waals surface area (Å²) in [7, 11) is 2.88. The van der Waals surface area contributed by atoms with E-state index in [1.807, 2.05) is 19.9 Å². The van der Waals surface area contributed by atoms with Gasteiger partial charge in [-0.25, -0.2) is 0 Å². The fraction of sp³-hybridized carbons (Fsp3) is 0.909. The number of methoxy groups -OCH3 is 3. The molecule has 7 heteroatoms. The molecule has 0 heterocycles. The largest absolute Gasteiger partial charge is 0.417 e. The molecule has 0 fully saturated rings. The molecule has 0 aliphatic rings. The minimum Gasteiger partial charge on any atom is -0.417 e. The van der Waals surface area contributed by atoms with Crippen LogP contribution >= 0.6 is 0 Å². The van der Waals surface area contributed by atoms with E-state index in [1.165, 1.54) is 14.2 Å². The van der Waals surface area contributed by atoms with Crippen molar-refractivity contribution in [3.05, 3.63) is 12.7 Å². The first-order valence-electron chi connectivity index (χ1n) is 10.4. The fourth-order valence-corrected chi connectivity index (χ4v) is 3.83. The highest BCUT2D eigenvalue weighted by Crippen LogP contribution is 2.37. The van der Waals surface area contributed by atoms with Crippen molar-refractivity contribution in [2.24, 2.45) is 5.92 Å². The lowest BCUT2D eigenvalue weighted by Gasteiger charge is -2.38. The Balaban J connectivity index is 5.19. The molecule has 2 atom stereocenters. The van der Waals surface area contributed by atoms with Gasteiger partial charge in [-0.1, -0.05) is 26.8 Å². The second-order valence-corrected chi connectivity index (χ2v) is 14.5. The summed E-state index contributed by atoms with van der Waals surface area (Å²) in [6.07, 6.45) is 3.62. The van der Waals surface area contributed by atoms with E-state index in [0.717, 1.165) is 6.42 Å². The van der Waals surface area contributed by atoms with Gasteiger partial charge in [-0.15, -0.1) is 6.58 Å². The third-order valence-corrected chi connectivity index (χ3v) is 10.7. The van der Waals surface area contributed by atoms with Gasteiger partial charge in [-0.05, 0) is 50.7 Å². The summed E-state index contributed by atoms with van der Waals surface area (Å²) in [5.41, 5.74) is 0. The van der Waals surface area contributed by atoms with Crippen LogP contribution in [0.2, 0.25) is 18.1 Å². The van der Waals surface area contributed by atoms with E-state index in [1.54, 1.807) is 7.11 Å². The van der Waals surface area contributed by atoms with Gasteiger partial charge in [0.05, 0.1) is 12.7 Å². The molecule has 0 aliphatic heterocycles. The molecule has 0 radical (unpaired) electrons. The Kier molecular flexibility index (Phi) is 11.8. The number of aliphatic hydroxyl groups is 1. The maximum Gasteiger partial charge on any atom is 0.193 e. The molecule has 0 rings (SSSR count). The first kappa shape index (κ1) is 28.7. The van der Waals surface area contributed by atoms with Crippen LogP contribution in [0.25, 0.3) is 0 Å². The summed E-state index contributed by atoms with van der Waals surface area (Å²) in [5.74, 6) is -1.68. The van der Waals surface area contributed by atoms with Gasteiger partial charge in [0.25, 0.3) is 0 Å². The summed E-state index contributed by atoms with van der Waals surface area (Å²) in [4.78, 5) is 0. The smallest absolute Gasteiger partial charge is 0.193 e. The highest BCUT2D eigenvalue weighted by Gasteiger charge is 2.38. The third-order valence-electron chi connectivity index (χ3n) is 6.12. The van der Waals surface area contributed by atoms with Crippen molar-refractivity contribution in [2.45, 2.75) is 89.7 Å². The Bertz CT molecular complexity index is 460. The normalized spacial score (nSPS) is 16.0. The van der Waals surface area contributed by atoms with E-state index in [0.29, 0.717) is 19.4 Å². The predicted molar refractivity (Wildman–Crippen MR) is 120 cm³/mol. The van der Waals surface area contributed by atoms with Crippen molar-refractivity contribution in [3.63, 3.8) is 0 Å². The van der Waals surface area contributed by atoms with Crippen molar-refractivity contribution in [1.82, 2.24) is 0 Å². The second-order valence-electron chi connectivity index (χ2n) is 9.65. The van der Waals surface area contributed by atoms with Gasteiger partial charge in [-0.3, -0.25) is 0 Å². The molecule has 0 aromatic rings. The Hall–Kier alpha value is -0.283. The Morgan fingerprint density at radius 3 is 1.93 bits per heavy atom. The number of hydrogen-bond donors (Lipinski definition) is 1. The van der Waals surface area contributed by atoms with Crippen molar-refractivity contribution in [3.8, 4) is 0 Å². The number of aliphatic hydroxyl groups excluding tert-OH is 1. The van der Waals surface area contributed by atoms with Crippen molar-refractivity contribution >= 4 is 8.32 Å². The molecule has 0 saturated carbocycles. The molecule has 29 heavy (non-hydrogen) atoms. The lowest BCUT2D eigenvalue weighted by atomic mass is 9.94. The number of hydrogen-bond acceptors (Lipinski definition) is 6. The monoisotopic (exact) mass is 434 g/mol. The van der Waals surface area contributed by atoms with Gasteiger partial charge < -0.3 is 28.5 Å². The summed E-state index contributed by atoms with van der Waals surface area (Å²) in [6, 6.07) is 0. The highest BCUT2D eigenvalue weighted by molar-refractivity contribution is 6.74. The van der Waals surface area contributed by atoms with Crippen molar-refractivity contribution in [1.29, 1.82) is 0 Å². The van der Waals surface area contributed by atoms with Crippen LogP contribution in [0.4, 0.5) is 0 Å². The standard InChI is InChI=1S/C22H46O6Si/c1-12-18(13-14-27-29(10,11)20(2,3)4)15-19(28-21(5,6)24-7)16-22(17-23,25-8)26-9/h12,18-19,23H,1,13-17H2,2-11H3. The van der Waals surface area contributed by atoms with E-state index >= 15 is 0 Å². The van der Waals surface area contributed by atoms with E-state index in [2.05, 4.69) is 40.4 Å². The van der Waals surface area contributed by atoms with Gasteiger partial charge in [0.2, 0.25) is 0 Å². The highest BCUT2D eigenvalue weighted by atomic mass is 28.4. The minimum atomic E-state index is -1.78. The average molecular weight is 435 g/mol. The lowest BCUT2D eigenvalue weighted by Crippen LogP contribution is -2.45. The Morgan fingerprint density at radius 2 is 1.55 bits per heavy atom. The van der Waals surface area contributed by atoms with E-state index in [9.17, 15) is 5.11 Å². The molecule has 6 nitrogen and oxygen atoms in total. The molecular weight excluding hydrogens is 388 g/mol. The van der Waals surface area contributed by atoms with Crippen LogP contribution in [0.3, 0.4) is 0 Å². The van der Waals surface area contributed by atoms with Crippen LogP contribution in [-0.4, -0.2) is 65.6 Å². The third kappa shape index (κ3) is 9.59. The summed E-state index contributed by atoms with van der Waals surface area (Å²) in [5, 5.41) is 9.99. The lowest BCUT2D eigenvalue weighted by molar-refractivity contribution is -0.275. The van der Waals surface area contributed by atoms with Crippen LogP contribution in [0.1, 0.15) is 53.9 Å². The van der Waals surface area contributed by atoms with Crippen molar-refractivity contribution in [2.75, 3.05) is 34.5 Å². The summed E-state index contributed by atoms with van der Waals surface area (Å²) < 4.78 is 28.9. The average Bonchev–Trinajstić information content (AvgIpc) is 2.63. The maximum atomic E-state index is 9.81. The van der Waals surface area contributed by atoms with Crippen LogP contribution in [0.15, 0.2) is 12.7 Å². The van der Waals surface area contributed by atoms with Crippen molar-refractivity contribution < 1.29 is 28.5 Å². The van der Waals surface area contributed by atoms with Gasteiger partial charge >= 0.3 is 0 Å². The number of ether oxygens (including phenoxy) is 4. The minimum absolute atomic E-state index is 0.183. The molecule has 0 spiro atoms. The van der Waals surface area contributed by atoms with Crippen LogP contribution in [0.5, 0.6) is 0 Å².